The van der Waals surface area contributed by atoms with E-state index < -0.39 is 0 Å². The quantitative estimate of drug-likeness (QED) is 0.751. The van der Waals surface area contributed by atoms with E-state index in [1.165, 1.54) is 12.1 Å². The van der Waals surface area contributed by atoms with Crippen LogP contribution >= 0.6 is 23.8 Å². The lowest BCUT2D eigenvalue weighted by Crippen LogP contribution is -2.39. The van der Waals surface area contributed by atoms with Gasteiger partial charge in [0.25, 0.3) is 0 Å². The fourth-order valence-electron chi connectivity index (χ4n) is 2.87. The number of ether oxygens (including phenoxy) is 1. The Hall–Kier alpha value is -1.69. The molecule has 1 N–H and O–H groups in total. The molecule has 3 rings (SSSR count). The predicted molar refractivity (Wildman–Crippen MR) is 103 cm³/mol. The van der Waals surface area contributed by atoms with Gasteiger partial charge < -0.3 is 15.0 Å². The molecule has 1 heterocycles. The number of nitrogens with one attached hydrogen (secondary N) is 1. The van der Waals surface area contributed by atoms with Crippen LogP contribution in [0.15, 0.2) is 48.5 Å². The molecule has 1 atom stereocenters. The van der Waals surface area contributed by atoms with Crippen LogP contribution in [-0.2, 0) is 11.3 Å². The van der Waals surface area contributed by atoms with E-state index in [-0.39, 0.29) is 11.9 Å². The van der Waals surface area contributed by atoms with Gasteiger partial charge in [-0.1, -0.05) is 35.9 Å². The molecule has 6 heteroatoms. The number of hydrogen-bond donors (Lipinski definition) is 1. The van der Waals surface area contributed by atoms with Gasteiger partial charge in [0, 0.05) is 19.7 Å². The summed E-state index contributed by atoms with van der Waals surface area (Å²) < 4.78 is 19.3. The van der Waals surface area contributed by atoms with E-state index in [2.05, 4.69) is 5.32 Å². The van der Waals surface area contributed by atoms with Gasteiger partial charge in [-0.25, -0.2) is 4.39 Å². The van der Waals surface area contributed by atoms with Crippen molar-refractivity contribution in [1.82, 2.24) is 4.90 Å². The molecule has 0 spiro atoms. The Bertz CT molecular complexity index is 737. The number of benzene rings is 2. The Morgan fingerprint density at radius 3 is 2.84 bits per heavy atom. The van der Waals surface area contributed by atoms with Gasteiger partial charge in [0.05, 0.1) is 16.8 Å². The van der Waals surface area contributed by atoms with Gasteiger partial charge >= 0.3 is 0 Å². The molecule has 3 nitrogen and oxygen atoms in total. The summed E-state index contributed by atoms with van der Waals surface area (Å²) in [4.78, 5) is 2.00. The summed E-state index contributed by atoms with van der Waals surface area (Å²) in [5.74, 6) is -0.250. The van der Waals surface area contributed by atoms with E-state index in [1.807, 2.05) is 35.2 Å². The molecule has 1 aliphatic rings. The molecule has 0 amide bonds. The molecule has 2 aromatic carbocycles. The smallest absolute Gasteiger partial charge is 0.173 e. The number of thiocarbonyl (C=S) groups is 1. The second kappa shape index (κ2) is 8.61. The zero-order valence-corrected chi connectivity index (χ0v) is 15.3. The Morgan fingerprint density at radius 1 is 1.28 bits per heavy atom. The third-order valence-electron chi connectivity index (χ3n) is 4.11. The Balaban J connectivity index is 1.74. The van der Waals surface area contributed by atoms with Crippen molar-refractivity contribution >= 4 is 34.6 Å². The fourth-order valence-corrected chi connectivity index (χ4v) is 3.30. The summed E-state index contributed by atoms with van der Waals surface area (Å²) in [7, 11) is 0. The Labute approximate surface area is 157 Å². The summed E-state index contributed by atoms with van der Waals surface area (Å²) in [5, 5.41) is 4.35. The first kappa shape index (κ1) is 18.1. The zero-order chi connectivity index (χ0) is 17.6. The van der Waals surface area contributed by atoms with Gasteiger partial charge in [-0.3, -0.25) is 0 Å². The van der Waals surface area contributed by atoms with E-state index >= 15 is 0 Å². The molecular formula is C19H20ClFN2OS. The minimum atomic E-state index is -0.250. The van der Waals surface area contributed by atoms with Crippen LogP contribution in [0.1, 0.15) is 18.4 Å². The molecule has 0 radical (unpaired) electrons. The third kappa shape index (κ3) is 5.14. The van der Waals surface area contributed by atoms with Crippen LogP contribution in [0.3, 0.4) is 0 Å². The lowest BCUT2D eigenvalue weighted by molar-refractivity contribution is 0.0905. The molecule has 0 bridgehead atoms. The number of hydrogen-bond acceptors (Lipinski definition) is 2. The van der Waals surface area contributed by atoms with Crippen LogP contribution in [0.25, 0.3) is 0 Å². The summed E-state index contributed by atoms with van der Waals surface area (Å²) in [5.41, 5.74) is 1.62. The normalized spacial score (nSPS) is 16.6. The number of nitrogens with zero attached hydrogens (tertiary/aromatic N) is 1. The first-order valence-corrected chi connectivity index (χ1v) is 9.07. The van der Waals surface area contributed by atoms with Gasteiger partial charge in [-0.05, 0) is 54.9 Å². The lowest BCUT2D eigenvalue weighted by atomic mass is 10.2. The predicted octanol–water partition coefficient (Wildman–Crippen LogP) is 4.86. The monoisotopic (exact) mass is 378 g/mol. The van der Waals surface area contributed by atoms with Gasteiger partial charge in [-0.15, -0.1) is 0 Å². The minimum absolute atomic E-state index is 0.138. The first-order chi connectivity index (χ1) is 12.1. The molecule has 1 saturated heterocycles. The summed E-state index contributed by atoms with van der Waals surface area (Å²) in [6.07, 6.45) is 2.21. The molecule has 1 aliphatic heterocycles. The summed E-state index contributed by atoms with van der Waals surface area (Å²) in [6.45, 7) is 1.95. The highest BCUT2D eigenvalue weighted by Crippen LogP contribution is 2.22. The van der Waals surface area contributed by atoms with Gasteiger partial charge in [0.15, 0.2) is 5.11 Å². The average Bonchev–Trinajstić information content (AvgIpc) is 3.09. The Kier molecular flexibility index (Phi) is 6.24. The van der Waals surface area contributed by atoms with Crippen molar-refractivity contribution in [1.29, 1.82) is 0 Å². The van der Waals surface area contributed by atoms with Crippen molar-refractivity contribution in [3.05, 3.63) is 64.9 Å². The third-order valence-corrected chi connectivity index (χ3v) is 4.80. The molecule has 1 unspecified atom stereocenters. The highest BCUT2D eigenvalue weighted by Gasteiger charge is 2.21. The van der Waals surface area contributed by atoms with E-state index in [9.17, 15) is 4.39 Å². The Morgan fingerprint density at radius 2 is 2.12 bits per heavy atom. The topological polar surface area (TPSA) is 24.5 Å². The second-order valence-electron chi connectivity index (χ2n) is 6.06. The van der Waals surface area contributed by atoms with Crippen LogP contribution in [0.2, 0.25) is 5.02 Å². The molecule has 0 aliphatic carbocycles. The lowest BCUT2D eigenvalue weighted by Gasteiger charge is -2.28. The van der Waals surface area contributed by atoms with Crippen molar-refractivity contribution in [2.45, 2.75) is 25.5 Å². The summed E-state index contributed by atoms with van der Waals surface area (Å²) >= 11 is 11.8. The first-order valence-electron chi connectivity index (χ1n) is 8.28. The standard InChI is InChI=1S/C19H20ClFN2OS/c20-17-8-1-2-9-18(17)22-19(25)23(13-16-7-4-10-24-16)12-14-5-3-6-15(21)11-14/h1-3,5-6,8-9,11,16H,4,7,10,12-13H2,(H,22,25). The van der Waals surface area contributed by atoms with Gasteiger partial charge in [0.2, 0.25) is 0 Å². The van der Waals surface area contributed by atoms with Crippen molar-refractivity contribution in [3.63, 3.8) is 0 Å². The number of para-hydroxylation sites is 1. The van der Waals surface area contributed by atoms with Crippen LogP contribution in [0.4, 0.5) is 10.1 Å². The maximum absolute atomic E-state index is 13.5. The van der Waals surface area contributed by atoms with Crippen molar-refractivity contribution in [2.75, 3.05) is 18.5 Å². The summed E-state index contributed by atoms with van der Waals surface area (Å²) in [6, 6.07) is 14.0. The minimum Gasteiger partial charge on any atom is -0.376 e. The maximum atomic E-state index is 13.5. The van der Waals surface area contributed by atoms with Crippen LogP contribution in [0, 0.1) is 5.82 Å². The molecule has 0 saturated carbocycles. The van der Waals surface area contributed by atoms with Crippen LogP contribution in [0.5, 0.6) is 0 Å². The molecule has 1 fully saturated rings. The fraction of sp³-hybridized carbons (Fsp3) is 0.316. The highest BCUT2D eigenvalue weighted by atomic mass is 35.5. The molecule has 2 aromatic rings. The molecule has 132 valence electrons. The van der Waals surface area contributed by atoms with Crippen LogP contribution in [-0.4, -0.2) is 29.3 Å². The van der Waals surface area contributed by atoms with Gasteiger partial charge in [-0.2, -0.15) is 0 Å². The number of anilines is 1. The molecule has 0 aromatic heterocycles. The zero-order valence-electron chi connectivity index (χ0n) is 13.8. The van der Waals surface area contributed by atoms with E-state index in [1.54, 1.807) is 6.07 Å². The highest BCUT2D eigenvalue weighted by molar-refractivity contribution is 7.80. The van der Waals surface area contributed by atoms with Gasteiger partial charge in [0.1, 0.15) is 5.82 Å². The van der Waals surface area contributed by atoms with Crippen molar-refractivity contribution in [2.24, 2.45) is 0 Å². The largest absolute Gasteiger partial charge is 0.376 e. The SMILES string of the molecule is Fc1cccc(CN(CC2CCCO2)C(=S)Nc2ccccc2Cl)c1. The molecular weight excluding hydrogens is 359 g/mol. The number of rotatable bonds is 5. The van der Waals surface area contributed by atoms with Crippen molar-refractivity contribution in [3.8, 4) is 0 Å². The maximum Gasteiger partial charge on any atom is 0.173 e. The molecule has 25 heavy (non-hydrogen) atoms. The van der Waals surface area contributed by atoms with E-state index in [0.717, 1.165) is 30.7 Å². The second-order valence-corrected chi connectivity index (χ2v) is 6.85. The van der Waals surface area contributed by atoms with Crippen LogP contribution < -0.4 is 5.32 Å². The van der Waals surface area contributed by atoms with E-state index in [4.69, 9.17) is 28.6 Å². The van der Waals surface area contributed by atoms with E-state index in [0.29, 0.717) is 23.2 Å². The van der Waals surface area contributed by atoms with Crippen molar-refractivity contribution < 1.29 is 9.13 Å². The number of halogens is 2. The average molecular weight is 379 g/mol.